The quantitative estimate of drug-likeness (QED) is 0.394. The highest BCUT2D eigenvalue weighted by Crippen LogP contribution is 2.28. The number of rotatable bonds is 6. The van der Waals surface area contributed by atoms with E-state index < -0.39 is 0 Å². The highest BCUT2D eigenvalue weighted by atomic mass is 32.2. The molecule has 0 aliphatic rings. The molecule has 0 aliphatic carbocycles. The average molecular weight is 367 g/mol. The van der Waals surface area contributed by atoms with Gasteiger partial charge in [0.15, 0.2) is 4.34 Å². The Balaban J connectivity index is 1.48. The second-order valence-corrected chi connectivity index (χ2v) is 7.58. The first-order chi connectivity index (χ1) is 12.2. The second kappa shape index (κ2) is 8.60. The van der Waals surface area contributed by atoms with Gasteiger partial charge in [-0.25, -0.2) is 10.4 Å². The van der Waals surface area contributed by atoms with Gasteiger partial charge in [-0.2, -0.15) is 5.10 Å². The Kier molecular flexibility index (Phi) is 5.98. The lowest BCUT2D eigenvalue weighted by molar-refractivity contribution is -0.118. The first-order valence-electron chi connectivity index (χ1n) is 7.74. The zero-order valence-electron chi connectivity index (χ0n) is 13.7. The fourth-order valence-electron chi connectivity index (χ4n) is 2.13. The van der Waals surface area contributed by atoms with Crippen LogP contribution in [-0.4, -0.2) is 22.9 Å². The van der Waals surface area contributed by atoms with E-state index in [1.165, 1.54) is 11.8 Å². The molecule has 6 heteroatoms. The van der Waals surface area contributed by atoms with Crippen molar-refractivity contribution in [1.82, 2.24) is 10.4 Å². The summed E-state index contributed by atoms with van der Waals surface area (Å²) in [6.07, 6.45) is 3.65. The van der Waals surface area contributed by atoms with E-state index in [0.29, 0.717) is 5.75 Å². The van der Waals surface area contributed by atoms with Gasteiger partial charge in [0.1, 0.15) is 0 Å². The molecule has 1 aromatic heterocycles. The predicted molar refractivity (Wildman–Crippen MR) is 107 cm³/mol. The van der Waals surface area contributed by atoms with Gasteiger partial charge in [0.25, 0.3) is 5.91 Å². The Hall–Kier alpha value is -2.44. The summed E-state index contributed by atoms with van der Waals surface area (Å²) in [6.45, 7) is 1.94. The number of allylic oxidation sites excluding steroid dienone is 1. The number of aromatic nitrogens is 1. The molecule has 0 radical (unpaired) electrons. The number of thiazole rings is 1. The Morgan fingerprint density at radius 2 is 1.96 bits per heavy atom. The van der Waals surface area contributed by atoms with Gasteiger partial charge in [-0.3, -0.25) is 4.79 Å². The number of hydrogen-bond acceptors (Lipinski definition) is 5. The monoisotopic (exact) mass is 367 g/mol. The topological polar surface area (TPSA) is 54.4 Å². The molecule has 3 rings (SSSR count). The van der Waals surface area contributed by atoms with Crippen LogP contribution in [0.25, 0.3) is 16.3 Å². The largest absolute Gasteiger partial charge is 0.272 e. The van der Waals surface area contributed by atoms with Crippen molar-refractivity contribution in [3.8, 4) is 0 Å². The van der Waals surface area contributed by atoms with Crippen molar-refractivity contribution < 1.29 is 4.79 Å². The zero-order chi connectivity index (χ0) is 17.5. The fraction of sp³-hybridized carbons (Fsp3) is 0.105. The minimum atomic E-state index is -0.145. The van der Waals surface area contributed by atoms with Crippen molar-refractivity contribution in [2.24, 2.45) is 5.10 Å². The third-order valence-electron chi connectivity index (χ3n) is 3.25. The maximum absolute atomic E-state index is 11.9. The number of hydrazone groups is 1. The first-order valence-corrected chi connectivity index (χ1v) is 9.54. The molecule has 126 valence electrons. The lowest BCUT2D eigenvalue weighted by atomic mass is 10.1. The molecule has 0 saturated heterocycles. The molecule has 0 atom stereocenters. The van der Waals surface area contributed by atoms with Crippen molar-refractivity contribution in [2.45, 2.75) is 11.3 Å². The number of para-hydroxylation sites is 1. The molecule has 0 fully saturated rings. The van der Waals surface area contributed by atoms with Gasteiger partial charge < -0.3 is 0 Å². The summed E-state index contributed by atoms with van der Waals surface area (Å²) in [4.78, 5) is 16.4. The normalized spacial score (nSPS) is 12.0. The minimum absolute atomic E-state index is 0.145. The molecule has 25 heavy (non-hydrogen) atoms. The van der Waals surface area contributed by atoms with Gasteiger partial charge in [0.2, 0.25) is 0 Å². The molecule has 1 heterocycles. The molecule has 1 N–H and O–H groups in total. The molecule has 0 saturated carbocycles. The molecule has 0 aliphatic heterocycles. The van der Waals surface area contributed by atoms with Crippen molar-refractivity contribution >= 4 is 51.5 Å². The number of carbonyl (C=O) groups excluding carboxylic acids is 1. The number of nitrogens with one attached hydrogen (secondary N) is 1. The summed E-state index contributed by atoms with van der Waals surface area (Å²) in [7, 11) is 0. The SMILES string of the molecule is C/C(C=NNC(=O)CSc1nc2ccccc2s1)=C\c1ccccc1. The van der Waals surface area contributed by atoms with Crippen molar-refractivity contribution in [3.63, 3.8) is 0 Å². The van der Waals surface area contributed by atoms with Gasteiger partial charge in [-0.15, -0.1) is 11.3 Å². The van der Waals surface area contributed by atoms with Crippen LogP contribution in [0.5, 0.6) is 0 Å². The van der Waals surface area contributed by atoms with E-state index >= 15 is 0 Å². The van der Waals surface area contributed by atoms with Crippen LogP contribution in [0.3, 0.4) is 0 Å². The molecule has 0 unspecified atom stereocenters. The Morgan fingerprint density at radius 1 is 1.20 bits per heavy atom. The highest BCUT2D eigenvalue weighted by molar-refractivity contribution is 8.01. The van der Waals surface area contributed by atoms with Crippen molar-refractivity contribution in [3.05, 3.63) is 65.7 Å². The molecule has 0 bridgehead atoms. The van der Waals surface area contributed by atoms with Crippen LogP contribution < -0.4 is 5.43 Å². The molecular weight excluding hydrogens is 350 g/mol. The van der Waals surface area contributed by atoms with E-state index in [9.17, 15) is 4.79 Å². The van der Waals surface area contributed by atoms with Crippen LogP contribution in [0.1, 0.15) is 12.5 Å². The van der Waals surface area contributed by atoms with Gasteiger partial charge in [-0.05, 0) is 30.2 Å². The molecule has 1 amide bonds. The van der Waals surface area contributed by atoms with Crippen LogP contribution in [-0.2, 0) is 4.79 Å². The third-order valence-corrected chi connectivity index (χ3v) is 5.43. The average Bonchev–Trinajstić information content (AvgIpc) is 3.04. The number of thioether (sulfide) groups is 1. The Bertz CT molecular complexity index is 884. The summed E-state index contributed by atoms with van der Waals surface area (Å²) in [5.74, 6) is 0.145. The van der Waals surface area contributed by atoms with Crippen LogP contribution in [0.15, 0.2) is 69.6 Å². The summed E-state index contributed by atoms with van der Waals surface area (Å²) >= 11 is 3.02. The molecular formula is C19H17N3OS2. The zero-order valence-corrected chi connectivity index (χ0v) is 15.3. The maximum atomic E-state index is 11.9. The van der Waals surface area contributed by atoms with Crippen LogP contribution in [0, 0.1) is 0 Å². The van der Waals surface area contributed by atoms with Gasteiger partial charge >= 0.3 is 0 Å². The first kappa shape index (κ1) is 17.4. The number of amides is 1. The Labute approximate surface area is 154 Å². The van der Waals surface area contributed by atoms with Gasteiger partial charge in [0.05, 0.1) is 22.2 Å². The number of fused-ring (bicyclic) bond motifs is 1. The minimum Gasteiger partial charge on any atom is -0.272 e. The smallest absolute Gasteiger partial charge is 0.250 e. The summed E-state index contributed by atoms with van der Waals surface area (Å²) < 4.78 is 2.02. The Morgan fingerprint density at radius 3 is 2.76 bits per heavy atom. The van der Waals surface area contributed by atoms with Crippen LogP contribution >= 0.6 is 23.1 Å². The molecule has 2 aromatic carbocycles. The maximum Gasteiger partial charge on any atom is 0.250 e. The van der Waals surface area contributed by atoms with E-state index in [1.807, 2.05) is 67.6 Å². The number of nitrogens with zero attached hydrogens (tertiary/aromatic N) is 2. The number of hydrogen-bond donors (Lipinski definition) is 1. The highest BCUT2D eigenvalue weighted by Gasteiger charge is 2.06. The third kappa shape index (κ3) is 5.27. The predicted octanol–water partition coefficient (Wildman–Crippen LogP) is 4.59. The van der Waals surface area contributed by atoms with Crippen LogP contribution in [0.2, 0.25) is 0 Å². The van der Waals surface area contributed by atoms with E-state index in [4.69, 9.17) is 0 Å². The second-order valence-electron chi connectivity index (χ2n) is 5.33. The summed E-state index contributed by atoms with van der Waals surface area (Å²) in [6, 6.07) is 17.9. The van der Waals surface area contributed by atoms with Gasteiger partial charge in [-0.1, -0.05) is 60.3 Å². The van der Waals surface area contributed by atoms with Crippen molar-refractivity contribution in [1.29, 1.82) is 0 Å². The van der Waals surface area contributed by atoms with Gasteiger partial charge in [0, 0.05) is 0 Å². The van der Waals surface area contributed by atoms with E-state index in [2.05, 4.69) is 15.5 Å². The molecule has 4 nitrogen and oxygen atoms in total. The molecule has 0 spiro atoms. The standard InChI is InChI=1S/C19H17N3OS2/c1-14(11-15-7-3-2-4-8-15)12-20-22-18(23)13-24-19-21-16-9-5-6-10-17(16)25-19/h2-12H,13H2,1H3,(H,22,23)/b14-11+,20-12?. The lowest BCUT2D eigenvalue weighted by Gasteiger charge is -1.98. The lowest BCUT2D eigenvalue weighted by Crippen LogP contribution is -2.19. The summed E-state index contributed by atoms with van der Waals surface area (Å²) in [5.41, 5.74) is 5.58. The molecule has 3 aromatic rings. The van der Waals surface area contributed by atoms with Crippen LogP contribution in [0.4, 0.5) is 0 Å². The van der Waals surface area contributed by atoms with Crippen molar-refractivity contribution in [2.75, 3.05) is 5.75 Å². The van der Waals surface area contributed by atoms with E-state index in [1.54, 1.807) is 17.6 Å². The number of benzene rings is 2. The van der Waals surface area contributed by atoms with E-state index in [-0.39, 0.29) is 5.91 Å². The number of carbonyl (C=O) groups is 1. The fourth-order valence-corrected chi connectivity index (χ4v) is 3.99. The summed E-state index contributed by atoms with van der Waals surface area (Å²) in [5, 5.41) is 4.00. The van der Waals surface area contributed by atoms with E-state index in [0.717, 1.165) is 25.7 Å².